The maximum atomic E-state index is 12.9. The number of benzene rings is 1. The molecule has 0 aromatic heterocycles. The third-order valence-corrected chi connectivity index (χ3v) is 4.60. The molecular formula is C15H16FN3OS. The maximum absolute atomic E-state index is 12.9. The second-order valence-electron chi connectivity index (χ2n) is 5.15. The summed E-state index contributed by atoms with van der Waals surface area (Å²) < 4.78 is 12.9. The van der Waals surface area contributed by atoms with Crippen molar-refractivity contribution in [2.75, 3.05) is 33.2 Å². The van der Waals surface area contributed by atoms with E-state index in [1.165, 1.54) is 23.9 Å². The number of piperazine rings is 1. The molecule has 2 aliphatic rings. The minimum Gasteiger partial charge on any atom is -0.348 e. The second kappa shape index (κ2) is 5.99. The summed E-state index contributed by atoms with van der Waals surface area (Å²) in [5.41, 5.74) is 0.807. The van der Waals surface area contributed by atoms with Gasteiger partial charge in [-0.1, -0.05) is 12.1 Å². The Morgan fingerprint density at radius 1 is 1.19 bits per heavy atom. The molecule has 2 heterocycles. The van der Waals surface area contributed by atoms with Gasteiger partial charge in [-0.25, -0.2) is 4.39 Å². The molecule has 4 nitrogen and oxygen atoms in total. The van der Waals surface area contributed by atoms with Crippen LogP contribution in [0, 0.1) is 5.82 Å². The van der Waals surface area contributed by atoms with Crippen molar-refractivity contribution >= 4 is 28.9 Å². The summed E-state index contributed by atoms with van der Waals surface area (Å²) in [7, 11) is 2.09. The van der Waals surface area contributed by atoms with E-state index in [1.54, 1.807) is 18.2 Å². The molecule has 6 heteroatoms. The molecule has 1 fully saturated rings. The fourth-order valence-corrected chi connectivity index (χ4v) is 3.21. The third-order valence-electron chi connectivity index (χ3n) is 3.55. The number of rotatable bonds is 1. The number of hydrogen-bond donors (Lipinski definition) is 0. The first kappa shape index (κ1) is 14.3. The number of halogens is 1. The maximum Gasteiger partial charge on any atom is 0.286 e. The Bertz CT molecular complexity index is 604. The average molecular weight is 305 g/mol. The van der Waals surface area contributed by atoms with Gasteiger partial charge in [-0.05, 0) is 42.6 Å². The molecule has 0 atom stereocenters. The molecule has 0 saturated carbocycles. The zero-order chi connectivity index (χ0) is 14.8. The van der Waals surface area contributed by atoms with E-state index in [0.29, 0.717) is 4.91 Å². The van der Waals surface area contributed by atoms with Crippen LogP contribution in [0.3, 0.4) is 0 Å². The topological polar surface area (TPSA) is 35.9 Å². The second-order valence-corrected chi connectivity index (χ2v) is 6.16. The Morgan fingerprint density at radius 3 is 2.52 bits per heavy atom. The molecule has 0 aliphatic carbocycles. The highest BCUT2D eigenvalue weighted by Gasteiger charge is 2.27. The molecule has 0 spiro atoms. The van der Waals surface area contributed by atoms with E-state index in [1.807, 2.05) is 0 Å². The van der Waals surface area contributed by atoms with Crippen molar-refractivity contribution in [2.45, 2.75) is 0 Å². The summed E-state index contributed by atoms with van der Waals surface area (Å²) in [6.07, 6.45) is 1.76. The van der Waals surface area contributed by atoms with Crippen LogP contribution in [0.4, 0.5) is 4.39 Å². The van der Waals surface area contributed by atoms with Gasteiger partial charge >= 0.3 is 0 Å². The normalized spacial score (nSPS) is 22.0. The van der Waals surface area contributed by atoms with Crippen molar-refractivity contribution in [1.82, 2.24) is 9.80 Å². The first-order chi connectivity index (χ1) is 10.1. The van der Waals surface area contributed by atoms with Gasteiger partial charge in [0, 0.05) is 26.2 Å². The molecular weight excluding hydrogens is 289 g/mol. The Balaban J connectivity index is 1.71. The van der Waals surface area contributed by atoms with E-state index in [4.69, 9.17) is 0 Å². The van der Waals surface area contributed by atoms with Crippen molar-refractivity contribution in [2.24, 2.45) is 4.99 Å². The fraction of sp³-hybridized carbons (Fsp3) is 0.333. The van der Waals surface area contributed by atoms with Gasteiger partial charge in [0.1, 0.15) is 5.82 Å². The van der Waals surface area contributed by atoms with Crippen molar-refractivity contribution < 1.29 is 9.18 Å². The Morgan fingerprint density at radius 2 is 1.86 bits per heavy atom. The smallest absolute Gasteiger partial charge is 0.286 e. The number of likely N-dealkylation sites (N-methyl/N-ethyl adjacent to an activating group) is 1. The average Bonchev–Trinajstić information content (AvgIpc) is 2.83. The number of amides is 1. The van der Waals surface area contributed by atoms with Crippen LogP contribution in [0.2, 0.25) is 0 Å². The largest absolute Gasteiger partial charge is 0.348 e. The van der Waals surface area contributed by atoms with E-state index < -0.39 is 0 Å². The van der Waals surface area contributed by atoms with Crippen molar-refractivity contribution in [3.8, 4) is 0 Å². The molecule has 1 aromatic carbocycles. The zero-order valence-electron chi connectivity index (χ0n) is 11.8. The fourth-order valence-electron chi connectivity index (χ4n) is 2.24. The summed E-state index contributed by atoms with van der Waals surface area (Å²) in [6.45, 7) is 3.73. The van der Waals surface area contributed by atoms with Crippen LogP contribution in [0.25, 0.3) is 6.08 Å². The summed E-state index contributed by atoms with van der Waals surface area (Å²) in [5.74, 6) is -0.491. The SMILES string of the molecule is CN1CCN(C2=NC(=O)/C(=C\c3ccc(F)cc3)S2)CC1. The quantitative estimate of drug-likeness (QED) is 0.744. The van der Waals surface area contributed by atoms with Crippen LogP contribution in [0.15, 0.2) is 34.2 Å². The monoisotopic (exact) mass is 305 g/mol. The van der Waals surface area contributed by atoms with Gasteiger partial charge in [0.2, 0.25) is 0 Å². The van der Waals surface area contributed by atoms with Crippen LogP contribution in [0.5, 0.6) is 0 Å². The minimum atomic E-state index is -0.281. The zero-order valence-corrected chi connectivity index (χ0v) is 12.6. The number of carbonyl (C=O) groups excluding carboxylic acids is 1. The number of hydrogen-bond acceptors (Lipinski definition) is 4. The lowest BCUT2D eigenvalue weighted by atomic mass is 10.2. The number of amidine groups is 1. The van der Waals surface area contributed by atoms with Gasteiger partial charge in [-0.3, -0.25) is 4.79 Å². The van der Waals surface area contributed by atoms with Crippen LogP contribution in [0.1, 0.15) is 5.56 Å². The lowest BCUT2D eigenvalue weighted by molar-refractivity contribution is -0.113. The van der Waals surface area contributed by atoms with Crippen LogP contribution < -0.4 is 0 Å². The number of aliphatic imine (C=N–C) groups is 1. The van der Waals surface area contributed by atoms with Gasteiger partial charge in [-0.15, -0.1) is 0 Å². The summed E-state index contributed by atoms with van der Waals surface area (Å²) >= 11 is 1.40. The van der Waals surface area contributed by atoms with E-state index in [2.05, 4.69) is 21.8 Å². The summed E-state index contributed by atoms with van der Waals surface area (Å²) in [5, 5.41) is 0.779. The van der Waals surface area contributed by atoms with Gasteiger partial charge in [-0.2, -0.15) is 4.99 Å². The Labute approximate surface area is 127 Å². The van der Waals surface area contributed by atoms with E-state index in [0.717, 1.165) is 36.9 Å². The first-order valence-corrected chi connectivity index (χ1v) is 7.65. The van der Waals surface area contributed by atoms with Crippen molar-refractivity contribution in [3.63, 3.8) is 0 Å². The molecule has 21 heavy (non-hydrogen) atoms. The van der Waals surface area contributed by atoms with Crippen LogP contribution in [-0.4, -0.2) is 54.1 Å². The highest BCUT2D eigenvalue weighted by Crippen LogP contribution is 2.30. The van der Waals surface area contributed by atoms with Gasteiger partial charge in [0.25, 0.3) is 5.91 Å². The molecule has 3 rings (SSSR count). The van der Waals surface area contributed by atoms with Crippen molar-refractivity contribution in [3.05, 3.63) is 40.6 Å². The van der Waals surface area contributed by atoms with Gasteiger partial charge in [0.15, 0.2) is 5.17 Å². The summed E-state index contributed by atoms with van der Waals surface area (Å²) in [6, 6.07) is 6.09. The standard InChI is InChI=1S/C15H16FN3OS/c1-18-6-8-19(9-7-18)15-17-14(20)13(21-15)10-11-2-4-12(16)5-3-11/h2-5,10H,6-9H2,1H3/b13-10+. The predicted molar refractivity (Wildman–Crippen MR) is 83.5 cm³/mol. The molecule has 1 saturated heterocycles. The third kappa shape index (κ3) is 3.33. The predicted octanol–water partition coefficient (Wildman–Crippen LogP) is 2.04. The van der Waals surface area contributed by atoms with E-state index >= 15 is 0 Å². The summed E-state index contributed by atoms with van der Waals surface area (Å²) in [4.78, 5) is 21.1. The lowest BCUT2D eigenvalue weighted by Crippen LogP contribution is -2.46. The molecule has 1 aromatic rings. The molecule has 2 aliphatic heterocycles. The molecule has 1 amide bonds. The lowest BCUT2D eigenvalue weighted by Gasteiger charge is -2.32. The molecule has 0 radical (unpaired) electrons. The van der Waals surface area contributed by atoms with Gasteiger partial charge < -0.3 is 9.80 Å². The Hall–Kier alpha value is -1.66. The van der Waals surface area contributed by atoms with Crippen LogP contribution >= 0.6 is 11.8 Å². The number of carbonyl (C=O) groups is 1. The highest BCUT2D eigenvalue weighted by atomic mass is 32.2. The molecule has 0 unspecified atom stereocenters. The minimum absolute atomic E-state index is 0.210. The van der Waals surface area contributed by atoms with Crippen molar-refractivity contribution in [1.29, 1.82) is 0 Å². The molecule has 0 N–H and O–H groups in total. The van der Waals surface area contributed by atoms with Gasteiger partial charge in [0.05, 0.1) is 4.91 Å². The molecule has 0 bridgehead atoms. The van der Waals surface area contributed by atoms with E-state index in [9.17, 15) is 9.18 Å². The highest BCUT2D eigenvalue weighted by molar-refractivity contribution is 8.18. The first-order valence-electron chi connectivity index (χ1n) is 6.83. The Kier molecular flexibility index (Phi) is 4.07. The number of nitrogens with zero attached hydrogens (tertiary/aromatic N) is 3. The number of thioether (sulfide) groups is 1. The molecule has 110 valence electrons. The van der Waals surface area contributed by atoms with E-state index in [-0.39, 0.29) is 11.7 Å². The van der Waals surface area contributed by atoms with Crippen LogP contribution in [-0.2, 0) is 4.79 Å².